The number of fused-ring (bicyclic) bond motifs is 1. The molecule has 1 aromatic carbocycles. The zero-order valence-electron chi connectivity index (χ0n) is 13.5. The highest BCUT2D eigenvalue weighted by Crippen LogP contribution is 2.23. The molecule has 0 bridgehead atoms. The topological polar surface area (TPSA) is 79.6 Å². The van der Waals surface area contributed by atoms with Crippen LogP contribution in [0.15, 0.2) is 41.3 Å². The van der Waals surface area contributed by atoms with E-state index in [1.54, 1.807) is 29.0 Å². The molecule has 2 aromatic rings. The summed E-state index contributed by atoms with van der Waals surface area (Å²) in [4.78, 5) is 37.5. The van der Waals surface area contributed by atoms with Crippen LogP contribution in [0.2, 0.25) is 0 Å². The number of carbonyl (C=O) groups is 2. The van der Waals surface area contributed by atoms with E-state index >= 15 is 0 Å². The molecule has 24 heavy (non-hydrogen) atoms. The number of benzene rings is 1. The smallest absolute Gasteiger partial charge is 0.326 e. The van der Waals surface area contributed by atoms with Crippen molar-refractivity contribution in [3.05, 3.63) is 46.8 Å². The van der Waals surface area contributed by atoms with Crippen LogP contribution < -0.4 is 5.43 Å². The molecule has 0 aliphatic carbocycles. The maximum atomic E-state index is 12.7. The normalized spacial score (nSPS) is 21.0. The number of amides is 1. The Morgan fingerprint density at radius 2 is 2.00 bits per heavy atom. The molecule has 1 fully saturated rings. The molecule has 1 N–H and O–H groups in total. The quantitative estimate of drug-likeness (QED) is 0.930. The summed E-state index contributed by atoms with van der Waals surface area (Å²) in [5.41, 5.74) is 0.583. The van der Waals surface area contributed by atoms with Gasteiger partial charge in [-0.15, -0.1) is 0 Å². The fourth-order valence-corrected chi connectivity index (χ4v) is 3.31. The molecule has 1 aliphatic rings. The van der Waals surface area contributed by atoms with E-state index in [9.17, 15) is 19.5 Å². The Hall–Kier alpha value is -2.63. The zero-order chi connectivity index (χ0) is 17.3. The molecule has 2 heterocycles. The minimum Gasteiger partial charge on any atom is -0.480 e. The number of para-hydroxylation sites is 1. The molecule has 1 amide bonds. The summed E-state index contributed by atoms with van der Waals surface area (Å²) in [6.07, 6.45) is 2.87. The second-order valence-electron chi connectivity index (χ2n) is 6.40. The van der Waals surface area contributed by atoms with E-state index in [1.807, 2.05) is 13.0 Å². The Morgan fingerprint density at radius 3 is 2.75 bits per heavy atom. The molecular weight excluding hydrogens is 308 g/mol. The standard InChI is InChI=1S/C18H20N2O4/c1-12-6-9-20(15(10-12)18(23)24)17(22)11-19-8-7-16(21)13-4-2-3-5-14(13)19/h2-5,7-8,12,15H,6,9-11H2,1H3,(H,23,24). The van der Waals surface area contributed by atoms with Gasteiger partial charge in [0.25, 0.3) is 0 Å². The van der Waals surface area contributed by atoms with Crippen molar-refractivity contribution in [3.63, 3.8) is 0 Å². The first-order valence-electron chi connectivity index (χ1n) is 8.08. The number of pyridine rings is 1. The van der Waals surface area contributed by atoms with Crippen molar-refractivity contribution in [1.82, 2.24) is 9.47 Å². The molecule has 0 saturated carbocycles. The van der Waals surface area contributed by atoms with E-state index in [-0.39, 0.29) is 17.9 Å². The van der Waals surface area contributed by atoms with Gasteiger partial charge in [-0.05, 0) is 30.9 Å². The second kappa shape index (κ2) is 6.47. The van der Waals surface area contributed by atoms with Gasteiger partial charge in [0.2, 0.25) is 5.91 Å². The summed E-state index contributed by atoms with van der Waals surface area (Å²) in [6.45, 7) is 2.49. The molecule has 1 saturated heterocycles. The monoisotopic (exact) mass is 328 g/mol. The van der Waals surface area contributed by atoms with E-state index in [0.717, 1.165) is 6.42 Å². The van der Waals surface area contributed by atoms with E-state index in [4.69, 9.17) is 0 Å². The van der Waals surface area contributed by atoms with Crippen LogP contribution in [0.4, 0.5) is 0 Å². The van der Waals surface area contributed by atoms with Gasteiger partial charge in [0, 0.05) is 24.2 Å². The molecule has 0 radical (unpaired) electrons. The number of likely N-dealkylation sites (tertiary alicyclic amines) is 1. The van der Waals surface area contributed by atoms with Gasteiger partial charge < -0.3 is 14.6 Å². The third kappa shape index (κ3) is 3.04. The molecular formula is C18H20N2O4. The van der Waals surface area contributed by atoms with Gasteiger partial charge in [-0.1, -0.05) is 19.1 Å². The van der Waals surface area contributed by atoms with Crippen molar-refractivity contribution in [3.8, 4) is 0 Å². The third-order valence-electron chi connectivity index (χ3n) is 4.66. The van der Waals surface area contributed by atoms with Gasteiger partial charge in [0.05, 0.1) is 5.52 Å². The number of hydrogen-bond donors (Lipinski definition) is 1. The van der Waals surface area contributed by atoms with Gasteiger partial charge in [-0.25, -0.2) is 4.79 Å². The van der Waals surface area contributed by atoms with E-state index in [0.29, 0.717) is 29.8 Å². The lowest BCUT2D eigenvalue weighted by molar-refractivity contribution is -0.153. The Morgan fingerprint density at radius 1 is 1.25 bits per heavy atom. The number of carboxylic acid groups (broad SMARTS) is 1. The highest BCUT2D eigenvalue weighted by molar-refractivity contribution is 5.85. The maximum absolute atomic E-state index is 12.7. The van der Waals surface area contributed by atoms with Crippen LogP contribution in [0.3, 0.4) is 0 Å². The van der Waals surface area contributed by atoms with Gasteiger partial charge in [0.1, 0.15) is 12.6 Å². The van der Waals surface area contributed by atoms with E-state index < -0.39 is 12.0 Å². The zero-order valence-corrected chi connectivity index (χ0v) is 13.5. The Balaban J connectivity index is 1.88. The number of carboxylic acids is 1. The molecule has 6 nitrogen and oxygen atoms in total. The lowest BCUT2D eigenvalue weighted by Crippen LogP contribution is -2.50. The SMILES string of the molecule is CC1CCN(C(=O)Cn2ccc(=O)c3ccccc32)C(C(=O)O)C1. The minimum atomic E-state index is -0.959. The second-order valence-corrected chi connectivity index (χ2v) is 6.40. The van der Waals surface area contributed by atoms with Crippen molar-refractivity contribution in [1.29, 1.82) is 0 Å². The molecule has 1 aromatic heterocycles. The van der Waals surface area contributed by atoms with Crippen LogP contribution in [0, 0.1) is 5.92 Å². The summed E-state index contributed by atoms with van der Waals surface area (Å²) in [7, 11) is 0. The largest absolute Gasteiger partial charge is 0.480 e. The maximum Gasteiger partial charge on any atom is 0.326 e. The predicted molar refractivity (Wildman–Crippen MR) is 89.7 cm³/mol. The number of nitrogens with zero attached hydrogens (tertiary/aromatic N) is 2. The van der Waals surface area contributed by atoms with Crippen LogP contribution in [-0.2, 0) is 16.1 Å². The van der Waals surface area contributed by atoms with Gasteiger partial charge in [0.15, 0.2) is 5.43 Å². The number of carbonyl (C=O) groups excluding carboxylic acids is 1. The summed E-state index contributed by atoms with van der Waals surface area (Å²) in [6, 6.07) is 7.76. The van der Waals surface area contributed by atoms with E-state index in [2.05, 4.69) is 0 Å². The minimum absolute atomic E-state index is 0.0267. The molecule has 0 spiro atoms. The molecule has 2 atom stereocenters. The van der Waals surface area contributed by atoms with Crippen molar-refractivity contribution < 1.29 is 14.7 Å². The Kier molecular flexibility index (Phi) is 4.38. The molecule has 3 rings (SSSR count). The van der Waals surface area contributed by atoms with Crippen LogP contribution in [-0.4, -0.2) is 39.0 Å². The predicted octanol–water partition coefficient (Wildman–Crippen LogP) is 1.71. The van der Waals surface area contributed by atoms with Gasteiger partial charge >= 0.3 is 5.97 Å². The van der Waals surface area contributed by atoms with Crippen LogP contribution in [0.1, 0.15) is 19.8 Å². The molecule has 126 valence electrons. The highest BCUT2D eigenvalue weighted by atomic mass is 16.4. The first-order chi connectivity index (χ1) is 11.5. The van der Waals surface area contributed by atoms with Gasteiger partial charge in [-0.3, -0.25) is 9.59 Å². The van der Waals surface area contributed by atoms with Crippen LogP contribution in [0.5, 0.6) is 0 Å². The fraction of sp³-hybridized carbons (Fsp3) is 0.389. The number of aliphatic carboxylic acids is 1. The van der Waals surface area contributed by atoms with Gasteiger partial charge in [-0.2, -0.15) is 0 Å². The van der Waals surface area contributed by atoms with Crippen molar-refractivity contribution in [2.45, 2.75) is 32.4 Å². The Bertz CT molecular complexity index is 842. The summed E-state index contributed by atoms with van der Waals surface area (Å²) in [5.74, 6) is -0.897. The molecule has 2 unspecified atom stereocenters. The summed E-state index contributed by atoms with van der Waals surface area (Å²) in [5, 5.41) is 9.96. The fourth-order valence-electron chi connectivity index (χ4n) is 3.31. The third-order valence-corrected chi connectivity index (χ3v) is 4.66. The van der Waals surface area contributed by atoms with E-state index in [1.165, 1.54) is 11.0 Å². The lowest BCUT2D eigenvalue weighted by atomic mass is 9.92. The van der Waals surface area contributed by atoms with Crippen LogP contribution >= 0.6 is 0 Å². The van der Waals surface area contributed by atoms with Crippen molar-refractivity contribution in [2.75, 3.05) is 6.54 Å². The average molecular weight is 328 g/mol. The molecule has 6 heteroatoms. The number of hydrogen-bond acceptors (Lipinski definition) is 3. The number of rotatable bonds is 3. The number of piperidine rings is 1. The summed E-state index contributed by atoms with van der Waals surface area (Å²) >= 11 is 0. The van der Waals surface area contributed by atoms with Crippen molar-refractivity contribution >= 4 is 22.8 Å². The lowest BCUT2D eigenvalue weighted by Gasteiger charge is -2.36. The van der Waals surface area contributed by atoms with Crippen LogP contribution in [0.25, 0.3) is 10.9 Å². The highest BCUT2D eigenvalue weighted by Gasteiger charge is 2.34. The number of aromatic nitrogens is 1. The first kappa shape index (κ1) is 16.2. The Labute approximate surface area is 139 Å². The first-order valence-corrected chi connectivity index (χ1v) is 8.08. The summed E-state index contributed by atoms with van der Waals surface area (Å²) < 4.78 is 1.70. The van der Waals surface area contributed by atoms with Crippen molar-refractivity contribution in [2.24, 2.45) is 5.92 Å². The average Bonchev–Trinajstić information content (AvgIpc) is 2.57. The molecule has 1 aliphatic heterocycles.